The second-order valence-corrected chi connectivity index (χ2v) is 2.73. The van der Waals surface area contributed by atoms with Gasteiger partial charge in [-0.15, -0.1) is 0 Å². The molecule has 0 saturated carbocycles. The summed E-state index contributed by atoms with van der Waals surface area (Å²) in [6, 6.07) is 4.29. The summed E-state index contributed by atoms with van der Waals surface area (Å²) in [5, 5.41) is 6.67. The second-order valence-electron chi connectivity index (χ2n) is 2.73. The Kier molecular flexibility index (Phi) is 1.92. The number of hydrogen-bond acceptors (Lipinski definition) is 3. The van der Waals surface area contributed by atoms with Crippen molar-refractivity contribution < 1.29 is 4.42 Å². The molecule has 0 aromatic carbocycles. The Hall–Kier alpha value is -0.800. The molecule has 3 nitrogen and oxygen atoms in total. The standard InChI is InChI=1S/C8H12N2O/c1-2-8(11-5-1)7-6-9-3-4-10-7/h1-2,5,7,9-10H,3-4,6H2. The Balaban J connectivity index is 2.04. The first-order valence-corrected chi connectivity index (χ1v) is 3.94. The molecular weight excluding hydrogens is 140 g/mol. The molecule has 3 heteroatoms. The lowest BCUT2D eigenvalue weighted by Crippen LogP contribution is -2.42. The molecule has 1 aliphatic heterocycles. The van der Waals surface area contributed by atoms with Crippen LogP contribution in [0.25, 0.3) is 0 Å². The molecule has 1 aromatic rings. The predicted octanol–water partition coefficient (Wildman–Crippen LogP) is 0.513. The van der Waals surface area contributed by atoms with Crippen molar-refractivity contribution in [1.82, 2.24) is 10.6 Å². The van der Waals surface area contributed by atoms with Gasteiger partial charge in [-0.2, -0.15) is 0 Å². The van der Waals surface area contributed by atoms with Gasteiger partial charge in [0.15, 0.2) is 0 Å². The Bertz CT molecular complexity index is 202. The van der Waals surface area contributed by atoms with E-state index in [0.29, 0.717) is 6.04 Å². The third-order valence-electron chi connectivity index (χ3n) is 1.93. The van der Waals surface area contributed by atoms with Crippen LogP contribution >= 0.6 is 0 Å². The molecule has 0 radical (unpaired) electrons. The normalized spacial score (nSPS) is 25.3. The largest absolute Gasteiger partial charge is 0.468 e. The van der Waals surface area contributed by atoms with Gasteiger partial charge in [0.2, 0.25) is 0 Å². The fourth-order valence-corrected chi connectivity index (χ4v) is 1.34. The first-order chi connectivity index (χ1) is 5.47. The highest BCUT2D eigenvalue weighted by molar-refractivity contribution is 5.05. The van der Waals surface area contributed by atoms with Crippen molar-refractivity contribution in [2.24, 2.45) is 0 Å². The van der Waals surface area contributed by atoms with E-state index in [0.717, 1.165) is 25.4 Å². The van der Waals surface area contributed by atoms with Gasteiger partial charge in [0.05, 0.1) is 12.3 Å². The van der Waals surface area contributed by atoms with E-state index in [1.807, 2.05) is 12.1 Å². The molecule has 0 spiro atoms. The molecule has 11 heavy (non-hydrogen) atoms. The van der Waals surface area contributed by atoms with Crippen molar-refractivity contribution in [2.75, 3.05) is 19.6 Å². The summed E-state index contributed by atoms with van der Waals surface area (Å²) in [4.78, 5) is 0. The lowest BCUT2D eigenvalue weighted by atomic mass is 10.2. The molecule has 1 fully saturated rings. The monoisotopic (exact) mass is 152 g/mol. The van der Waals surface area contributed by atoms with E-state index in [1.54, 1.807) is 6.26 Å². The highest BCUT2D eigenvalue weighted by Gasteiger charge is 2.15. The predicted molar refractivity (Wildman–Crippen MR) is 42.3 cm³/mol. The van der Waals surface area contributed by atoms with Crippen molar-refractivity contribution >= 4 is 0 Å². The first-order valence-electron chi connectivity index (χ1n) is 3.94. The summed E-state index contributed by atoms with van der Waals surface area (Å²) >= 11 is 0. The van der Waals surface area contributed by atoms with E-state index in [2.05, 4.69) is 10.6 Å². The Morgan fingerprint density at radius 1 is 1.45 bits per heavy atom. The van der Waals surface area contributed by atoms with Crippen LogP contribution in [-0.4, -0.2) is 19.6 Å². The first kappa shape index (κ1) is 6.88. The van der Waals surface area contributed by atoms with Crippen molar-refractivity contribution in [1.29, 1.82) is 0 Å². The minimum absolute atomic E-state index is 0.360. The quantitative estimate of drug-likeness (QED) is 0.615. The van der Waals surface area contributed by atoms with Crippen LogP contribution in [0.5, 0.6) is 0 Å². The smallest absolute Gasteiger partial charge is 0.121 e. The van der Waals surface area contributed by atoms with Crippen molar-refractivity contribution in [3.63, 3.8) is 0 Å². The van der Waals surface area contributed by atoms with Gasteiger partial charge in [0.1, 0.15) is 5.76 Å². The Labute approximate surface area is 65.8 Å². The topological polar surface area (TPSA) is 37.2 Å². The van der Waals surface area contributed by atoms with Crippen molar-refractivity contribution in [3.05, 3.63) is 24.2 Å². The average Bonchev–Trinajstić information content (AvgIpc) is 2.58. The van der Waals surface area contributed by atoms with Gasteiger partial charge in [-0.1, -0.05) is 0 Å². The molecule has 0 bridgehead atoms. The highest BCUT2D eigenvalue weighted by atomic mass is 16.3. The molecule has 2 heterocycles. The number of rotatable bonds is 1. The van der Waals surface area contributed by atoms with Gasteiger partial charge in [0, 0.05) is 19.6 Å². The minimum Gasteiger partial charge on any atom is -0.468 e. The van der Waals surface area contributed by atoms with E-state index < -0.39 is 0 Å². The summed E-state index contributed by atoms with van der Waals surface area (Å²) in [6.07, 6.45) is 1.71. The zero-order valence-electron chi connectivity index (χ0n) is 6.34. The zero-order valence-corrected chi connectivity index (χ0v) is 6.34. The molecule has 2 rings (SSSR count). The Morgan fingerprint density at radius 2 is 2.45 bits per heavy atom. The minimum atomic E-state index is 0.360. The molecule has 1 aromatic heterocycles. The fraction of sp³-hybridized carbons (Fsp3) is 0.500. The summed E-state index contributed by atoms with van der Waals surface area (Å²) in [5.41, 5.74) is 0. The third kappa shape index (κ3) is 1.44. The van der Waals surface area contributed by atoms with Crippen LogP contribution in [0.3, 0.4) is 0 Å². The third-order valence-corrected chi connectivity index (χ3v) is 1.93. The molecule has 2 N–H and O–H groups in total. The number of furan rings is 1. The van der Waals surface area contributed by atoms with Crippen LogP contribution in [-0.2, 0) is 0 Å². The maximum Gasteiger partial charge on any atom is 0.121 e. The fourth-order valence-electron chi connectivity index (χ4n) is 1.34. The molecule has 0 amide bonds. The van der Waals surface area contributed by atoms with Gasteiger partial charge in [-0.05, 0) is 12.1 Å². The van der Waals surface area contributed by atoms with E-state index in [1.165, 1.54) is 0 Å². The van der Waals surface area contributed by atoms with Gasteiger partial charge in [-0.25, -0.2) is 0 Å². The van der Waals surface area contributed by atoms with Crippen molar-refractivity contribution in [3.8, 4) is 0 Å². The highest BCUT2D eigenvalue weighted by Crippen LogP contribution is 2.13. The maximum atomic E-state index is 5.27. The summed E-state index contributed by atoms with van der Waals surface area (Å²) < 4.78 is 5.27. The molecule has 1 unspecified atom stereocenters. The summed E-state index contributed by atoms with van der Waals surface area (Å²) in [6.45, 7) is 3.04. The maximum absolute atomic E-state index is 5.27. The van der Waals surface area contributed by atoms with E-state index in [9.17, 15) is 0 Å². The van der Waals surface area contributed by atoms with Gasteiger partial charge in [0.25, 0.3) is 0 Å². The summed E-state index contributed by atoms with van der Waals surface area (Å²) in [7, 11) is 0. The molecule has 1 saturated heterocycles. The molecule has 1 aliphatic rings. The molecule has 60 valence electrons. The van der Waals surface area contributed by atoms with Crippen molar-refractivity contribution in [2.45, 2.75) is 6.04 Å². The van der Waals surface area contributed by atoms with Gasteiger partial charge in [-0.3, -0.25) is 0 Å². The van der Waals surface area contributed by atoms with Crippen LogP contribution in [0.2, 0.25) is 0 Å². The van der Waals surface area contributed by atoms with Crippen LogP contribution < -0.4 is 10.6 Å². The van der Waals surface area contributed by atoms with Gasteiger partial charge < -0.3 is 15.1 Å². The van der Waals surface area contributed by atoms with Crippen LogP contribution in [0.15, 0.2) is 22.8 Å². The number of piperazine rings is 1. The lowest BCUT2D eigenvalue weighted by Gasteiger charge is -2.22. The number of nitrogens with one attached hydrogen (secondary N) is 2. The molecule has 0 aliphatic carbocycles. The van der Waals surface area contributed by atoms with Crippen LogP contribution in [0.1, 0.15) is 11.8 Å². The number of hydrogen-bond donors (Lipinski definition) is 2. The summed E-state index contributed by atoms with van der Waals surface area (Å²) in [5.74, 6) is 1.03. The van der Waals surface area contributed by atoms with Gasteiger partial charge >= 0.3 is 0 Å². The van der Waals surface area contributed by atoms with Crippen LogP contribution in [0, 0.1) is 0 Å². The van der Waals surface area contributed by atoms with Crippen LogP contribution in [0.4, 0.5) is 0 Å². The average molecular weight is 152 g/mol. The SMILES string of the molecule is c1coc(C2CNCCN2)c1. The van der Waals surface area contributed by atoms with E-state index in [4.69, 9.17) is 4.42 Å². The van der Waals surface area contributed by atoms with E-state index >= 15 is 0 Å². The molecule has 1 atom stereocenters. The van der Waals surface area contributed by atoms with E-state index in [-0.39, 0.29) is 0 Å². The lowest BCUT2D eigenvalue weighted by molar-refractivity contribution is 0.363. The Morgan fingerprint density at radius 3 is 3.09 bits per heavy atom. The second kappa shape index (κ2) is 3.07. The zero-order chi connectivity index (χ0) is 7.52. The molecular formula is C8H12N2O.